The molecule has 0 heteroatoms. The third kappa shape index (κ3) is 19.5. The van der Waals surface area contributed by atoms with Crippen LogP contribution in [0.15, 0.2) is 322 Å². The minimum absolute atomic E-state index is 0.00655. The first-order chi connectivity index (χ1) is 33.9. The average Bonchev–Trinajstić information content (AvgIpc) is 3.37. The molecule has 1 aromatic rings. The number of benzene rings is 1. The largest absolute Gasteiger partial charge is 0.103 e. The molecule has 0 bridgehead atoms. The molecule has 0 N–H and O–H groups in total. The van der Waals surface area contributed by atoms with E-state index in [1.165, 1.54) is 22.3 Å². The zero-order valence-electron chi connectivity index (χ0n) is 42.8. The van der Waals surface area contributed by atoms with Crippen LogP contribution in [0.4, 0.5) is 0 Å². The topological polar surface area (TPSA) is 0 Å². The molecule has 0 amide bonds. The zero-order chi connectivity index (χ0) is 51.1. The maximum Gasteiger partial charge on any atom is 0.0333 e. The summed E-state index contributed by atoms with van der Waals surface area (Å²) in [6, 6.07) is 10.6. The predicted octanol–water partition coefficient (Wildman–Crippen LogP) is 19.8. The molecule has 362 valence electrons. The van der Waals surface area contributed by atoms with Gasteiger partial charge in [0.25, 0.3) is 0 Å². The van der Waals surface area contributed by atoms with Crippen LogP contribution in [-0.2, 0) is 6.42 Å². The molecule has 3 rings (SSSR count). The van der Waals surface area contributed by atoms with Gasteiger partial charge in [-0.15, -0.1) is 19.7 Å². The van der Waals surface area contributed by atoms with E-state index in [1.807, 2.05) is 30.4 Å². The van der Waals surface area contributed by atoms with Crippen LogP contribution in [0.3, 0.4) is 0 Å². The van der Waals surface area contributed by atoms with E-state index in [0.29, 0.717) is 0 Å². The van der Waals surface area contributed by atoms with Crippen molar-refractivity contribution in [2.24, 2.45) is 29.6 Å². The summed E-state index contributed by atoms with van der Waals surface area (Å²) >= 11 is 0. The molecule has 0 heterocycles. The normalized spacial score (nSPS) is 18.3. The third-order valence-electron chi connectivity index (χ3n) is 12.9. The van der Waals surface area contributed by atoms with Gasteiger partial charge in [-0.2, -0.15) is 0 Å². The highest BCUT2D eigenvalue weighted by Crippen LogP contribution is 2.36. The SMILES string of the molecule is C=C/C=C(\C=C)C(C(=C)/C=C1/CCC=CC1=C)/C(C=C)=C/C=C/C(C/C=C(\C=C/C)CCC=C)C(=C)/C=C\C(=C)C(=C)CCC(=C)C(/C=C1\C=CC=CC1CC=C)C(C=C)C/C=C/Cc1ccccc1. The molecule has 0 spiro atoms. The number of allylic oxidation sites excluding steroid dienone is 36. The van der Waals surface area contributed by atoms with Crippen molar-refractivity contribution in [2.75, 3.05) is 0 Å². The second-order valence-corrected chi connectivity index (χ2v) is 18.0. The Kier molecular flexibility index (Phi) is 26.7. The number of hydrogen-bond acceptors (Lipinski definition) is 0. The zero-order valence-corrected chi connectivity index (χ0v) is 42.8. The van der Waals surface area contributed by atoms with Gasteiger partial charge < -0.3 is 0 Å². The molecule has 70 heavy (non-hydrogen) atoms. The van der Waals surface area contributed by atoms with E-state index in [2.05, 4.69) is 225 Å². The van der Waals surface area contributed by atoms with Crippen LogP contribution < -0.4 is 0 Å². The second kappa shape index (κ2) is 32.7. The molecule has 0 nitrogen and oxygen atoms in total. The van der Waals surface area contributed by atoms with E-state index in [9.17, 15) is 0 Å². The summed E-state index contributed by atoms with van der Waals surface area (Å²) in [7, 11) is 0. The van der Waals surface area contributed by atoms with E-state index in [-0.39, 0.29) is 29.6 Å². The lowest BCUT2D eigenvalue weighted by atomic mass is 9.78. The molecule has 0 aromatic heterocycles. The molecule has 2 aliphatic rings. The van der Waals surface area contributed by atoms with Crippen molar-refractivity contribution in [3.05, 3.63) is 328 Å². The highest BCUT2D eigenvalue weighted by molar-refractivity contribution is 5.51. The van der Waals surface area contributed by atoms with Crippen molar-refractivity contribution in [1.29, 1.82) is 0 Å². The molecule has 5 unspecified atom stereocenters. The molecule has 0 saturated heterocycles. The quantitative estimate of drug-likeness (QED) is 0.0499. The van der Waals surface area contributed by atoms with E-state index >= 15 is 0 Å². The molecule has 1 aromatic carbocycles. The molecular weight excluding hydrogens is 841 g/mol. The van der Waals surface area contributed by atoms with Crippen molar-refractivity contribution >= 4 is 0 Å². The average molecular weight is 923 g/mol. The molecule has 0 aliphatic heterocycles. The Morgan fingerprint density at radius 3 is 2.21 bits per heavy atom. The smallest absolute Gasteiger partial charge is 0.0333 e. The first kappa shape index (κ1) is 57.3. The standard InChI is InChI=1S/C70H82/c1-14-21-36-60(32-15-2)50-51-65(45-31-44-64(20-7)70(63(19-6)33-16-3)59(13)52-67-42-27-25-35-56(67)10)57(11)48-46-54(8)55(9)47-49-58(12)69(53-68-43-30-29-41-66(68)34-17-4)62(18-5)40-28-26-39-61-37-23-22-24-38-61/h14-20,22-26,28-33,35,37-38,41,43-46,48,50,52-53,62,65-66,69-70H,1,3-13,21,27,34,36,39-40,42,47,49,51H2,2H3/b28-26+,32-15-,45-31+,48-46-,60-50+,63-33+,64-44+,67-52-,68-53+. The van der Waals surface area contributed by atoms with Crippen LogP contribution in [0.2, 0.25) is 0 Å². The Hall–Kier alpha value is -7.02. The van der Waals surface area contributed by atoms with Gasteiger partial charge in [-0.3, -0.25) is 0 Å². The summed E-state index contributed by atoms with van der Waals surface area (Å²) < 4.78 is 0. The van der Waals surface area contributed by atoms with E-state index in [1.54, 1.807) is 6.08 Å². The highest BCUT2D eigenvalue weighted by Gasteiger charge is 2.22. The van der Waals surface area contributed by atoms with Crippen LogP contribution in [0.1, 0.15) is 70.3 Å². The summed E-state index contributed by atoms with van der Waals surface area (Å²) in [5.74, 6) is 0.418. The van der Waals surface area contributed by atoms with Crippen LogP contribution in [0.5, 0.6) is 0 Å². The Morgan fingerprint density at radius 2 is 1.54 bits per heavy atom. The molecule has 0 fully saturated rings. The van der Waals surface area contributed by atoms with Gasteiger partial charge in [0.2, 0.25) is 0 Å². The maximum absolute atomic E-state index is 4.71. The van der Waals surface area contributed by atoms with Gasteiger partial charge in [0, 0.05) is 23.7 Å². The highest BCUT2D eigenvalue weighted by atomic mass is 14.3. The second-order valence-electron chi connectivity index (χ2n) is 18.0. The van der Waals surface area contributed by atoms with Gasteiger partial charge >= 0.3 is 0 Å². The van der Waals surface area contributed by atoms with Gasteiger partial charge in [0.05, 0.1) is 0 Å². The van der Waals surface area contributed by atoms with Crippen molar-refractivity contribution in [2.45, 2.75) is 71.1 Å². The van der Waals surface area contributed by atoms with Crippen LogP contribution in [0, 0.1) is 29.6 Å². The van der Waals surface area contributed by atoms with E-state index in [4.69, 9.17) is 6.58 Å². The van der Waals surface area contributed by atoms with Crippen LogP contribution in [0.25, 0.3) is 0 Å². The van der Waals surface area contributed by atoms with Crippen molar-refractivity contribution in [1.82, 2.24) is 0 Å². The predicted molar refractivity (Wildman–Crippen MR) is 315 cm³/mol. The van der Waals surface area contributed by atoms with E-state index < -0.39 is 0 Å². The van der Waals surface area contributed by atoms with Gasteiger partial charge in [0.15, 0.2) is 0 Å². The van der Waals surface area contributed by atoms with Gasteiger partial charge in [-0.05, 0) is 133 Å². The monoisotopic (exact) mass is 923 g/mol. The Bertz CT molecular complexity index is 2450. The van der Waals surface area contributed by atoms with Gasteiger partial charge in [-0.25, -0.2) is 0 Å². The Morgan fingerprint density at radius 1 is 0.786 bits per heavy atom. The van der Waals surface area contributed by atoms with Crippen molar-refractivity contribution in [3.63, 3.8) is 0 Å². The third-order valence-corrected chi connectivity index (χ3v) is 12.9. The summed E-state index contributed by atoms with van der Waals surface area (Å²) in [5, 5.41) is 0. The molecule has 2 aliphatic carbocycles. The minimum atomic E-state index is -0.164. The lowest BCUT2D eigenvalue weighted by molar-refractivity contribution is 0.521. The van der Waals surface area contributed by atoms with Crippen LogP contribution in [-0.4, -0.2) is 0 Å². The van der Waals surface area contributed by atoms with Gasteiger partial charge in [0.1, 0.15) is 0 Å². The molecule has 5 atom stereocenters. The Balaban J connectivity index is 1.89. The lowest BCUT2D eigenvalue weighted by Gasteiger charge is -2.26. The fourth-order valence-electron chi connectivity index (χ4n) is 8.68. The first-order valence-electron chi connectivity index (χ1n) is 25.0. The van der Waals surface area contributed by atoms with E-state index in [0.717, 1.165) is 109 Å². The van der Waals surface area contributed by atoms with Crippen molar-refractivity contribution in [3.8, 4) is 0 Å². The maximum atomic E-state index is 4.71. The molecule has 0 saturated carbocycles. The lowest BCUT2D eigenvalue weighted by Crippen LogP contribution is -2.15. The fourth-order valence-corrected chi connectivity index (χ4v) is 8.68. The minimum Gasteiger partial charge on any atom is -0.103 e. The first-order valence-corrected chi connectivity index (χ1v) is 25.0. The fraction of sp³-hybridized carbons (Fsp3) is 0.229. The summed E-state index contributed by atoms with van der Waals surface area (Å²) in [6.07, 6.45) is 61.8. The summed E-state index contributed by atoms with van der Waals surface area (Å²) in [6.45, 7) is 53.9. The summed E-state index contributed by atoms with van der Waals surface area (Å²) in [5.41, 5.74) is 13.0. The summed E-state index contributed by atoms with van der Waals surface area (Å²) in [4.78, 5) is 0. The molecular formula is C70H82. The van der Waals surface area contributed by atoms with Crippen LogP contribution >= 0.6 is 0 Å². The molecule has 0 radical (unpaired) electrons. The van der Waals surface area contributed by atoms with Gasteiger partial charge in [-0.1, -0.05) is 253 Å². The number of hydrogen-bond donors (Lipinski definition) is 0. The Labute approximate surface area is 426 Å². The number of rotatable bonds is 32. The van der Waals surface area contributed by atoms with Crippen molar-refractivity contribution < 1.29 is 0 Å².